The van der Waals surface area contributed by atoms with Gasteiger partial charge in [0.2, 0.25) is 11.8 Å². The smallest absolute Gasteiger partial charge is 0.243 e. The minimum Gasteiger partial charge on any atom is -0.473 e. The molecule has 0 bridgehead atoms. The van der Waals surface area contributed by atoms with Crippen LogP contribution < -0.4 is 10.5 Å². The summed E-state index contributed by atoms with van der Waals surface area (Å²) in [6.45, 7) is 6.27. The molecule has 2 N–H and O–H groups in total. The zero-order valence-electron chi connectivity index (χ0n) is 11.1. The lowest BCUT2D eigenvalue weighted by atomic mass is 10.2. The number of nitrogens with two attached hydrogens (primary N) is 1. The highest BCUT2D eigenvalue weighted by Crippen LogP contribution is 2.21. The van der Waals surface area contributed by atoms with Crippen molar-refractivity contribution >= 4 is 11.6 Å². The van der Waals surface area contributed by atoms with Crippen LogP contribution in [0.25, 0.3) is 5.65 Å². The summed E-state index contributed by atoms with van der Waals surface area (Å²) in [5.41, 5.74) is 7.39. The topological polar surface area (TPSA) is 78.3 Å². The van der Waals surface area contributed by atoms with E-state index in [0.29, 0.717) is 11.5 Å². The molecule has 0 saturated carbocycles. The lowest BCUT2D eigenvalue weighted by Crippen LogP contribution is -2.17. The fraction of sp³-hybridized carbons (Fsp3) is 0.583. The Bertz CT molecular complexity index is 532. The highest BCUT2D eigenvalue weighted by Gasteiger charge is 2.14. The summed E-state index contributed by atoms with van der Waals surface area (Å²) < 4.78 is 7.44. The maximum absolute atomic E-state index is 5.92. The maximum Gasteiger partial charge on any atom is 0.243 e. The Balaban J connectivity index is 2.43. The van der Waals surface area contributed by atoms with Gasteiger partial charge in [0.15, 0.2) is 5.65 Å². The van der Waals surface area contributed by atoms with Crippen molar-refractivity contribution in [3.8, 4) is 5.88 Å². The number of hydrogen-bond acceptors (Lipinski definition) is 5. The standard InChI is InChI=1S/C12H19N5O/c1-4-8-7-10-14-15-12(13)17(10)16-11(8)18-9(5-2)6-3/h7,9H,4-6H2,1-3H3,(H2,13,15). The van der Waals surface area contributed by atoms with Crippen molar-refractivity contribution in [2.24, 2.45) is 0 Å². The fourth-order valence-corrected chi connectivity index (χ4v) is 1.84. The quantitative estimate of drug-likeness (QED) is 0.874. The molecule has 2 rings (SSSR count). The van der Waals surface area contributed by atoms with Gasteiger partial charge in [-0.3, -0.25) is 0 Å². The maximum atomic E-state index is 5.92. The minimum absolute atomic E-state index is 0.179. The van der Waals surface area contributed by atoms with Crippen molar-refractivity contribution in [1.82, 2.24) is 19.8 Å². The Morgan fingerprint density at radius 3 is 2.61 bits per heavy atom. The summed E-state index contributed by atoms with van der Waals surface area (Å²) in [4.78, 5) is 0. The number of fused-ring (bicyclic) bond motifs is 1. The summed E-state index contributed by atoms with van der Waals surface area (Å²) in [5.74, 6) is 0.909. The molecule has 0 aliphatic rings. The first-order chi connectivity index (χ1) is 8.69. The number of nitrogen functional groups attached to an aromatic ring is 1. The van der Waals surface area contributed by atoms with Gasteiger partial charge in [-0.05, 0) is 25.3 Å². The van der Waals surface area contributed by atoms with E-state index in [4.69, 9.17) is 10.5 Å². The third-order valence-corrected chi connectivity index (χ3v) is 3.03. The average molecular weight is 249 g/mol. The molecule has 0 spiro atoms. The van der Waals surface area contributed by atoms with Crippen LogP contribution in [0.1, 0.15) is 39.2 Å². The second kappa shape index (κ2) is 5.20. The molecule has 0 aromatic carbocycles. The number of hydrogen-bond donors (Lipinski definition) is 1. The van der Waals surface area contributed by atoms with Gasteiger partial charge in [-0.1, -0.05) is 20.8 Å². The number of rotatable bonds is 5. The molecule has 0 radical (unpaired) electrons. The van der Waals surface area contributed by atoms with Gasteiger partial charge in [0.1, 0.15) is 0 Å². The van der Waals surface area contributed by atoms with Crippen LogP contribution in [0.5, 0.6) is 5.88 Å². The molecule has 0 fully saturated rings. The van der Waals surface area contributed by atoms with Crippen LogP contribution in [0.2, 0.25) is 0 Å². The zero-order chi connectivity index (χ0) is 13.1. The van der Waals surface area contributed by atoms with Gasteiger partial charge in [0.25, 0.3) is 0 Å². The fourth-order valence-electron chi connectivity index (χ4n) is 1.84. The van der Waals surface area contributed by atoms with Crippen molar-refractivity contribution < 1.29 is 4.74 Å². The summed E-state index contributed by atoms with van der Waals surface area (Å²) in [7, 11) is 0. The van der Waals surface area contributed by atoms with Crippen molar-refractivity contribution in [1.29, 1.82) is 0 Å². The molecule has 2 heterocycles. The Hall–Kier alpha value is -1.85. The molecule has 98 valence electrons. The van der Waals surface area contributed by atoms with E-state index in [1.165, 1.54) is 4.52 Å². The Morgan fingerprint density at radius 1 is 1.28 bits per heavy atom. The molecule has 18 heavy (non-hydrogen) atoms. The third kappa shape index (κ3) is 2.23. The van der Waals surface area contributed by atoms with E-state index in [9.17, 15) is 0 Å². The van der Waals surface area contributed by atoms with Crippen LogP contribution in [0, 0.1) is 0 Å². The molecular weight excluding hydrogens is 230 g/mol. The molecule has 0 unspecified atom stereocenters. The summed E-state index contributed by atoms with van der Waals surface area (Å²) >= 11 is 0. The number of aromatic nitrogens is 4. The molecule has 2 aromatic rings. The lowest BCUT2D eigenvalue weighted by Gasteiger charge is -2.16. The molecule has 0 atom stereocenters. The SMILES string of the molecule is CCc1cc2nnc(N)n2nc1OC(CC)CC. The van der Waals surface area contributed by atoms with E-state index in [2.05, 4.69) is 36.1 Å². The Morgan fingerprint density at radius 2 is 2.00 bits per heavy atom. The van der Waals surface area contributed by atoms with Gasteiger partial charge in [0, 0.05) is 5.56 Å². The first kappa shape index (κ1) is 12.6. The number of aryl methyl sites for hydroxylation is 1. The van der Waals surface area contributed by atoms with Crippen LogP contribution in [0.3, 0.4) is 0 Å². The molecule has 6 heteroatoms. The van der Waals surface area contributed by atoms with Gasteiger partial charge in [-0.25, -0.2) is 0 Å². The van der Waals surface area contributed by atoms with Gasteiger partial charge in [0.05, 0.1) is 6.10 Å². The normalized spacial score (nSPS) is 11.3. The van der Waals surface area contributed by atoms with Crippen LogP contribution in [0.4, 0.5) is 5.95 Å². The van der Waals surface area contributed by atoms with Crippen molar-refractivity contribution in [3.05, 3.63) is 11.6 Å². The minimum atomic E-state index is 0.179. The Labute approximate surface area is 106 Å². The van der Waals surface area contributed by atoms with E-state index >= 15 is 0 Å². The van der Waals surface area contributed by atoms with Crippen LogP contribution in [-0.2, 0) is 6.42 Å². The van der Waals surface area contributed by atoms with E-state index in [1.807, 2.05) is 6.07 Å². The van der Waals surface area contributed by atoms with Crippen LogP contribution in [0.15, 0.2) is 6.07 Å². The molecule has 2 aromatic heterocycles. The predicted molar refractivity (Wildman–Crippen MR) is 69.6 cm³/mol. The monoisotopic (exact) mass is 249 g/mol. The first-order valence-corrected chi connectivity index (χ1v) is 6.37. The average Bonchev–Trinajstić information content (AvgIpc) is 2.76. The van der Waals surface area contributed by atoms with E-state index in [-0.39, 0.29) is 12.1 Å². The van der Waals surface area contributed by atoms with Crippen molar-refractivity contribution in [2.45, 2.75) is 46.1 Å². The molecule has 0 saturated heterocycles. The highest BCUT2D eigenvalue weighted by atomic mass is 16.5. The third-order valence-electron chi connectivity index (χ3n) is 3.03. The molecule has 0 aliphatic carbocycles. The molecule has 0 aliphatic heterocycles. The summed E-state index contributed by atoms with van der Waals surface area (Å²) in [6.07, 6.45) is 2.93. The molecule has 0 amide bonds. The second-order valence-electron chi connectivity index (χ2n) is 4.21. The van der Waals surface area contributed by atoms with Crippen LogP contribution in [-0.4, -0.2) is 25.9 Å². The zero-order valence-corrected chi connectivity index (χ0v) is 11.1. The van der Waals surface area contributed by atoms with Crippen molar-refractivity contribution in [3.63, 3.8) is 0 Å². The second-order valence-corrected chi connectivity index (χ2v) is 4.21. The van der Waals surface area contributed by atoms with E-state index in [0.717, 1.165) is 24.8 Å². The van der Waals surface area contributed by atoms with Gasteiger partial charge in [-0.2, -0.15) is 4.52 Å². The van der Waals surface area contributed by atoms with Crippen LogP contribution >= 0.6 is 0 Å². The summed E-state index contributed by atoms with van der Waals surface area (Å²) in [6, 6.07) is 1.92. The number of nitrogens with zero attached hydrogens (tertiary/aromatic N) is 4. The van der Waals surface area contributed by atoms with Gasteiger partial charge in [-0.15, -0.1) is 15.3 Å². The van der Waals surface area contributed by atoms with Crippen molar-refractivity contribution in [2.75, 3.05) is 5.73 Å². The Kier molecular flexibility index (Phi) is 3.64. The molecular formula is C12H19N5O. The number of anilines is 1. The van der Waals surface area contributed by atoms with E-state index < -0.39 is 0 Å². The molecule has 6 nitrogen and oxygen atoms in total. The van der Waals surface area contributed by atoms with E-state index in [1.54, 1.807) is 0 Å². The lowest BCUT2D eigenvalue weighted by molar-refractivity contribution is 0.180. The van der Waals surface area contributed by atoms with Gasteiger partial charge < -0.3 is 10.5 Å². The largest absolute Gasteiger partial charge is 0.473 e. The first-order valence-electron chi connectivity index (χ1n) is 6.37. The summed E-state index contributed by atoms with van der Waals surface area (Å²) in [5, 5.41) is 12.1. The predicted octanol–water partition coefficient (Wildman–Crippen LogP) is 1.84. The highest BCUT2D eigenvalue weighted by molar-refractivity contribution is 5.46. The van der Waals surface area contributed by atoms with Gasteiger partial charge >= 0.3 is 0 Å². The number of ether oxygens (including phenoxy) is 1.